The van der Waals surface area contributed by atoms with Crippen molar-refractivity contribution in [3.8, 4) is 11.5 Å². The molecule has 0 bridgehead atoms. The maximum atomic E-state index is 12.8. The van der Waals surface area contributed by atoms with Gasteiger partial charge in [-0.1, -0.05) is 108 Å². The summed E-state index contributed by atoms with van der Waals surface area (Å²) >= 11 is 0. The summed E-state index contributed by atoms with van der Waals surface area (Å²) in [6.45, 7) is 2.96. The van der Waals surface area contributed by atoms with E-state index in [0.717, 1.165) is 34.8 Å². The minimum absolute atomic E-state index is 0.415. The molecule has 6 heteroatoms. The molecule has 0 fully saturated rings. The minimum atomic E-state index is -0.415. The summed E-state index contributed by atoms with van der Waals surface area (Å²) in [6.07, 6.45) is 17.6. The smallest absolute Gasteiger partial charge is 0.343 e. The summed E-state index contributed by atoms with van der Waals surface area (Å²) in [4.78, 5) is 17.3. The molecule has 4 rings (SSSR count). The van der Waals surface area contributed by atoms with E-state index in [2.05, 4.69) is 22.1 Å². The maximum absolute atomic E-state index is 12.8. The number of ether oxygens (including phenoxy) is 2. The predicted octanol–water partition coefficient (Wildman–Crippen LogP) is 12.2. The van der Waals surface area contributed by atoms with Crippen LogP contribution in [0.2, 0.25) is 0 Å². The van der Waals surface area contributed by atoms with Gasteiger partial charge in [-0.2, -0.15) is 10.2 Å². The first-order valence-corrected chi connectivity index (χ1v) is 16.9. The molecule has 0 radical (unpaired) electrons. The van der Waals surface area contributed by atoms with Gasteiger partial charge in [-0.05, 0) is 84.8 Å². The number of rotatable bonds is 20. The molecule has 4 aromatic rings. The van der Waals surface area contributed by atoms with Gasteiger partial charge in [0.1, 0.15) is 11.5 Å². The molecule has 0 spiro atoms. The van der Waals surface area contributed by atoms with Crippen molar-refractivity contribution >= 4 is 29.2 Å². The molecule has 4 aromatic carbocycles. The molecule has 0 aromatic heterocycles. The van der Waals surface area contributed by atoms with Crippen LogP contribution in [-0.4, -0.2) is 18.8 Å². The molecule has 0 saturated heterocycles. The van der Waals surface area contributed by atoms with E-state index >= 15 is 0 Å². The Morgan fingerprint density at radius 1 is 0.587 bits per heavy atom. The highest BCUT2D eigenvalue weighted by Crippen LogP contribution is 2.22. The molecule has 0 aliphatic carbocycles. The van der Waals surface area contributed by atoms with Crippen LogP contribution in [0, 0.1) is 0 Å². The lowest BCUT2D eigenvalue weighted by Gasteiger charge is -2.08. The van der Waals surface area contributed by atoms with Gasteiger partial charge in [-0.25, -0.2) is 4.79 Å². The highest BCUT2D eigenvalue weighted by Gasteiger charge is 2.09. The van der Waals surface area contributed by atoms with Crippen LogP contribution in [-0.2, 0) is 0 Å². The largest absolute Gasteiger partial charge is 0.494 e. The van der Waals surface area contributed by atoms with E-state index in [4.69, 9.17) is 9.47 Å². The maximum Gasteiger partial charge on any atom is 0.343 e. The van der Waals surface area contributed by atoms with E-state index in [-0.39, 0.29) is 0 Å². The standard InChI is InChI=1S/C40H47N3O3/c1-2-3-4-5-6-7-8-9-10-11-12-16-30-45-38-28-22-34(23-29-38)40(44)46-39-21-17-18-33(31-39)32-41-35-24-26-37(27-25-35)43-42-36-19-14-13-15-20-36/h13-15,17-29,31-32H,2-12,16,30H2,1H3. The van der Waals surface area contributed by atoms with Crippen LogP contribution in [0.5, 0.6) is 11.5 Å². The number of hydrogen-bond donors (Lipinski definition) is 0. The van der Waals surface area contributed by atoms with Crippen molar-refractivity contribution in [3.05, 3.63) is 114 Å². The first-order valence-electron chi connectivity index (χ1n) is 16.9. The van der Waals surface area contributed by atoms with Gasteiger partial charge < -0.3 is 9.47 Å². The predicted molar refractivity (Wildman–Crippen MR) is 189 cm³/mol. The number of esters is 1. The Labute approximate surface area is 274 Å². The Hall–Kier alpha value is -4.58. The fraction of sp³-hybridized carbons (Fsp3) is 0.350. The molecule has 240 valence electrons. The topological polar surface area (TPSA) is 72.6 Å². The summed E-state index contributed by atoms with van der Waals surface area (Å²) in [5.74, 6) is 0.810. The van der Waals surface area contributed by atoms with Crippen LogP contribution < -0.4 is 9.47 Å². The number of unbranched alkanes of at least 4 members (excludes halogenated alkanes) is 11. The van der Waals surface area contributed by atoms with Gasteiger partial charge in [0.25, 0.3) is 0 Å². The zero-order valence-electron chi connectivity index (χ0n) is 27.2. The molecule has 0 saturated carbocycles. The summed E-state index contributed by atoms with van der Waals surface area (Å²) < 4.78 is 11.5. The minimum Gasteiger partial charge on any atom is -0.494 e. The second kappa shape index (κ2) is 20.5. The molecule has 46 heavy (non-hydrogen) atoms. The Morgan fingerprint density at radius 3 is 1.83 bits per heavy atom. The third-order valence-corrected chi connectivity index (χ3v) is 7.67. The monoisotopic (exact) mass is 617 g/mol. The van der Waals surface area contributed by atoms with Crippen molar-refractivity contribution in [1.29, 1.82) is 0 Å². The number of carbonyl (C=O) groups excluding carboxylic acids is 1. The van der Waals surface area contributed by atoms with Crippen molar-refractivity contribution in [2.75, 3.05) is 6.61 Å². The number of carbonyl (C=O) groups is 1. The Kier molecular flexibility index (Phi) is 15.2. The highest BCUT2D eigenvalue weighted by atomic mass is 16.5. The highest BCUT2D eigenvalue weighted by molar-refractivity contribution is 5.91. The summed E-state index contributed by atoms with van der Waals surface area (Å²) in [5.41, 5.74) is 3.62. The van der Waals surface area contributed by atoms with Gasteiger partial charge >= 0.3 is 5.97 Å². The van der Waals surface area contributed by atoms with Crippen molar-refractivity contribution < 1.29 is 14.3 Å². The van der Waals surface area contributed by atoms with E-state index in [0.29, 0.717) is 17.9 Å². The summed E-state index contributed by atoms with van der Waals surface area (Å²) in [6, 6.07) is 31.5. The van der Waals surface area contributed by atoms with Crippen molar-refractivity contribution in [1.82, 2.24) is 0 Å². The molecule has 0 N–H and O–H groups in total. The first kappa shape index (κ1) is 34.3. The van der Waals surface area contributed by atoms with Crippen LogP contribution in [0.3, 0.4) is 0 Å². The van der Waals surface area contributed by atoms with E-state index in [1.165, 1.54) is 70.6 Å². The Bertz CT molecular complexity index is 1480. The molecule has 6 nitrogen and oxygen atoms in total. The van der Waals surface area contributed by atoms with E-state index in [1.807, 2.05) is 78.9 Å². The normalized spacial score (nSPS) is 11.3. The molecule has 0 amide bonds. The Morgan fingerprint density at radius 2 is 1.17 bits per heavy atom. The summed E-state index contributed by atoms with van der Waals surface area (Å²) in [5, 5.41) is 8.50. The number of benzene rings is 4. The second-order valence-corrected chi connectivity index (χ2v) is 11.5. The molecule has 0 aliphatic rings. The van der Waals surface area contributed by atoms with Crippen LogP contribution >= 0.6 is 0 Å². The van der Waals surface area contributed by atoms with Crippen molar-refractivity contribution in [3.63, 3.8) is 0 Å². The zero-order chi connectivity index (χ0) is 32.1. The number of hydrogen-bond acceptors (Lipinski definition) is 6. The number of azo groups is 1. The van der Waals surface area contributed by atoms with E-state index < -0.39 is 5.97 Å². The average molecular weight is 618 g/mol. The SMILES string of the molecule is CCCCCCCCCCCCCCOc1ccc(C(=O)Oc2cccc(C=Nc3ccc(N=Nc4ccccc4)cc3)c2)cc1. The lowest BCUT2D eigenvalue weighted by atomic mass is 10.1. The molecule has 0 aliphatic heterocycles. The van der Waals surface area contributed by atoms with Gasteiger partial charge in [0.2, 0.25) is 0 Å². The number of nitrogens with zero attached hydrogens (tertiary/aromatic N) is 3. The van der Waals surface area contributed by atoms with E-state index in [9.17, 15) is 4.79 Å². The van der Waals surface area contributed by atoms with Crippen LogP contribution in [0.25, 0.3) is 0 Å². The molecular formula is C40H47N3O3. The molecule has 0 heterocycles. The molecule has 0 atom stereocenters. The fourth-order valence-electron chi connectivity index (χ4n) is 5.01. The summed E-state index contributed by atoms with van der Waals surface area (Å²) in [7, 11) is 0. The lowest BCUT2D eigenvalue weighted by Crippen LogP contribution is -2.08. The third-order valence-electron chi connectivity index (χ3n) is 7.67. The molecule has 0 unspecified atom stereocenters. The van der Waals surface area contributed by atoms with Crippen LogP contribution in [0.4, 0.5) is 17.1 Å². The third kappa shape index (κ3) is 13.2. The first-order chi connectivity index (χ1) is 22.7. The fourth-order valence-corrected chi connectivity index (χ4v) is 5.01. The van der Waals surface area contributed by atoms with Crippen molar-refractivity contribution in [2.24, 2.45) is 15.2 Å². The molecular weight excluding hydrogens is 570 g/mol. The second-order valence-electron chi connectivity index (χ2n) is 11.5. The van der Waals surface area contributed by atoms with E-state index in [1.54, 1.807) is 30.5 Å². The van der Waals surface area contributed by atoms with Crippen LogP contribution in [0.1, 0.15) is 99.9 Å². The quantitative estimate of drug-likeness (QED) is 0.0325. The van der Waals surface area contributed by atoms with Gasteiger partial charge in [-0.3, -0.25) is 4.99 Å². The lowest BCUT2D eigenvalue weighted by molar-refractivity contribution is 0.0734. The van der Waals surface area contributed by atoms with Gasteiger partial charge in [0.15, 0.2) is 0 Å². The van der Waals surface area contributed by atoms with Gasteiger partial charge in [0.05, 0.1) is 29.2 Å². The van der Waals surface area contributed by atoms with Gasteiger partial charge in [-0.15, -0.1) is 0 Å². The Balaban J connectivity index is 1.13. The van der Waals surface area contributed by atoms with Gasteiger partial charge in [0, 0.05) is 6.21 Å². The zero-order valence-corrected chi connectivity index (χ0v) is 27.2. The van der Waals surface area contributed by atoms with Crippen molar-refractivity contribution in [2.45, 2.75) is 84.0 Å². The number of aliphatic imine (C=N–C) groups is 1. The average Bonchev–Trinajstić information content (AvgIpc) is 3.10. The van der Waals surface area contributed by atoms with Crippen LogP contribution in [0.15, 0.2) is 118 Å².